The fourth-order valence-electron chi connectivity index (χ4n) is 8.46. The normalized spacial score (nSPS) is 15.7. The SMILES string of the molecule is CC1(C)c2ccccc2-c2c(-c3ccc4cc(C5=NC(c6cccc7c(-c8ccccc8)cccc67)N=C(c6ccccc6)N5)ccc4c3)cccc21. The Morgan fingerprint density at radius 3 is 1.79 bits per heavy atom. The van der Waals surface area contributed by atoms with E-state index in [1.165, 1.54) is 60.7 Å². The van der Waals surface area contributed by atoms with Gasteiger partial charge in [-0.25, -0.2) is 9.98 Å². The number of nitrogens with one attached hydrogen (secondary N) is 1. The number of benzene rings is 8. The van der Waals surface area contributed by atoms with Gasteiger partial charge in [-0.1, -0.05) is 178 Å². The molecule has 1 unspecified atom stereocenters. The lowest BCUT2D eigenvalue weighted by atomic mass is 9.82. The highest BCUT2D eigenvalue weighted by Gasteiger charge is 2.36. The molecular formula is C50H37N3. The first-order valence-corrected chi connectivity index (χ1v) is 18.4. The van der Waals surface area contributed by atoms with Crippen molar-refractivity contribution in [3.05, 3.63) is 204 Å². The van der Waals surface area contributed by atoms with Crippen LogP contribution in [0.3, 0.4) is 0 Å². The summed E-state index contributed by atoms with van der Waals surface area (Å²) in [6, 6.07) is 63.2. The van der Waals surface area contributed by atoms with Gasteiger partial charge in [-0.15, -0.1) is 0 Å². The summed E-state index contributed by atoms with van der Waals surface area (Å²) in [4.78, 5) is 10.5. The minimum absolute atomic E-state index is 0.0304. The predicted octanol–water partition coefficient (Wildman–Crippen LogP) is 12.1. The van der Waals surface area contributed by atoms with Crippen LogP contribution in [0.1, 0.15) is 47.8 Å². The molecule has 0 bridgehead atoms. The molecule has 8 aromatic carbocycles. The molecule has 0 aromatic heterocycles. The van der Waals surface area contributed by atoms with E-state index in [9.17, 15) is 0 Å². The van der Waals surface area contributed by atoms with Crippen LogP contribution in [-0.4, -0.2) is 11.7 Å². The van der Waals surface area contributed by atoms with Gasteiger partial charge < -0.3 is 5.32 Å². The lowest BCUT2D eigenvalue weighted by Crippen LogP contribution is -2.36. The minimum atomic E-state index is -0.415. The number of aliphatic imine (C=N–C) groups is 2. The monoisotopic (exact) mass is 679 g/mol. The van der Waals surface area contributed by atoms with Gasteiger partial charge in [0.25, 0.3) is 0 Å². The van der Waals surface area contributed by atoms with E-state index in [-0.39, 0.29) is 5.41 Å². The molecule has 53 heavy (non-hydrogen) atoms. The topological polar surface area (TPSA) is 36.8 Å². The highest BCUT2D eigenvalue weighted by atomic mass is 15.2. The summed E-state index contributed by atoms with van der Waals surface area (Å²) < 4.78 is 0. The standard InChI is InChI=1S/C50H37N3/c1-50(2)44-24-10-9-18-43(44)46-39(20-13-25-45(46)50)36-28-26-35-31-37(29-27-34(35)30-36)48-51-47(33-16-7-4-8-17-33)52-49(53-48)42-23-12-21-40-38(19-11-22-41(40)42)32-14-5-3-6-15-32/h3-31,49H,1-2H3,(H,51,52,53). The zero-order chi connectivity index (χ0) is 35.5. The van der Waals surface area contributed by atoms with Crippen molar-refractivity contribution in [1.82, 2.24) is 5.32 Å². The van der Waals surface area contributed by atoms with Crippen molar-refractivity contribution in [1.29, 1.82) is 0 Å². The molecular weight excluding hydrogens is 643 g/mol. The average molecular weight is 680 g/mol. The molecule has 8 aromatic rings. The third-order valence-electron chi connectivity index (χ3n) is 11.1. The summed E-state index contributed by atoms with van der Waals surface area (Å²) in [6.45, 7) is 4.68. The highest BCUT2D eigenvalue weighted by molar-refractivity contribution is 6.17. The van der Waals surface area contributed by atoms with Gasteiger partial charge in [0, 0.05) is 22.1 Å². The molecule has 0 amide bonds. The quantitative estimate of drug-likeness (QED) is 0.193. The Bertz CT molecular complexity index is 2780. The maximum Gasteiger partial charge on any atom is 0.170 e. The predicted molar refractivity (Wildman–Crippen MR) is 222 cm³/mol. The van der Waals surface area contributed by atoms with Crippen LogP contribution < -0.4 is 5.32 Å². The molecule has 0 saturated carbocycles. The van der Waals surface area contributed by atoms with Gasteiger partial charge in [-0.05, 0) is 78.2 Å². The van der Waals surface area contributed by atoms with Gasteiger partial charge in [-0.2, -0.15) is 0 Å². The minimum Gasteiger partial charge on any atom is -0.324 e. The first-order chi connectivity index (χ1) is 26.0. The number of rotatable bonds is 5. The molecule has 252 valence electrons. The third kappa shape index (κ3) is 5.19. The van der Waals surface area contributed by atoms with E-state index in [0.717, 1.165) is 33.7 Å². The van der Waals surface area contributed by atoms with Crippen LogP contribution in [0.4, 0.5) is 0 Å². The molecule has 0 spiro atoms. The fourth-order valence-corrected chi connectivity index (χ4v) is 8.46. The van der Waals surface area contributed by atoms with Gasteiger partial charge in [0.1, 0.15) is 11.7 Å². The van der Waals surface area contributed by atoms with Crippen LogP contribution in [0.5, 0.6) is 0 Å². The molecule has 3 heteroatoms. The number of amidine groups is 2. The molecule has 1 heterocycles. The van der Waals surface area contributed by atoms with Crippen LogP contribution >= 0.6 is 0 Å². The van der Waals surface area contributed by atoms with Gasteiger partial charge >= 0.3 is 0 Å². The van der Waals surface area contributed by atoms with E-state index in [1.807, 2.05) is 6.07 Å². The number of fused-ring (bicyclic) bond motifs is 5. The summed E-state index contributed by atoms with van der Waals surface area (Å²) in [7, 11) is 0. The van der Waals surface area contributed by atoms with E-state index < -0.39 is 6.17 Å². The maximum absolute atomic E-state index is 5.31. The second-order valence-corrected chi connectivity index (χ2v) is 14.6. The Morgan fingerprint density at radius 1 is 0.434 bits per heavy atom. The summed E-state index contributed by atoms with van der Waals surface area (Å²) in [5.74, 6) is 1.62. The zero-order valence-corrected chi connectivity index (χ0v) is 29.7. The average Bonchev–Trinajstić information content (AvgIpc) is 3.46. The van der Waals surface area contributed by atoms with Gasteiger partial charge in [0.05, 0.1) is 0 Å². The van der Waals surface area contributed by atoms with Crippen LogP contribution in [0.2, 0.25) is 0 Å². The van der Waals surface area contributed by atoms with Crippen molar-refractivity contribution in [2.75, 3.05) is 0 Å². The Morgan fingerprint density at radius 2 is 1.00 bits per heavy atom. The molecule has 0 fully saturated rings. The number of hydrogen-bond acceptors (Lipinski definition) is 3. The van der Waals surface area contributed by atoms with E-state index in [2.05, 4.69) is 189 Å². The summed E-state index contributed by atoms with van der Waals surface area (Å²) in [5, 5.41) is 8.33. The van der Waals surface area contributed by atoms with E-state index >= 15 is 0 Å². The highest BCUT2D eigenvalue weighted by Crippen LogP contribution is 2.52. The molecule has 0 radical (unpaired) electrons. The second-order valence-electron chi connectivity index (χ2n) is 14.6. The maximum atomic E-state index is 5.31. The molecule has 0 saturated heterocycles. The lowest BCUT2D eigenvalue weighted by molar-refractivity contribution is 0.660. The third-order valence-corrected chi connectivity index (χ3v) is 11.1. The molecule has 1 aliphatic heterocycles. The van der Waals surface area contributed by atoms with Crippen LogP contribution in [0, 0.1) is 0 Å². The van der Waals surface area contributed by atoms with Crippen molar-refractivity contribution < 1.29 is 0 Å². The van der Waals surface area contributed by atoms with E-state index in [0.29, 0.717) is 0 Å². The molecule has 2 aliphatic rings. The summed E-state index contributed by atoms with van der Waals surface area (Å²) in [5.41, 5.74) is 13.5. The summed E-state index contributed by atoms with van der Waals surface area (Å²) >= 11 is 0. The van der Waals surface area contributed by atoms with Crippen molar-refractivity contribution >= 4 is 33.2 Å². The Hall–Kier alpha value is -6.58. The van der Waals surface area contributed by atoms with E-state index in [4.69, 9.17) is 9.98 Å². The molecule has 1 aliphatic carbocycles. The molecule has 1 N–H and O–H groups in total. The number of hydrogen-bond donors (Lipinski definition) is 1. The van der Waals surface area contributed by atoms with Crippen LogP contribution in [0.25, 0.3) is 54.9 Å². The van der Waals surface area contributed by atoms with Crippen LogP contribution in [0.15, 0.2) is 186 Å². The van der Waals surface area contributed by atoms with E-state index in [1.54, 1.807) is 0 Å². The number of nitrogens with zero attached hydrogens (tertiary/aromatic N) is 2. The van der Waals surface area contributed by atoms with Crippen LogP contribution in [-0.2, 0) is 5.41 Å². The second kappa shape index (κ2) is 12.3. The van der Waals surface area contributed by atoms with Crippen molar-refractivity contribution in [3.63, 3.8) is 0 Å². The van der Waals surface area contributed by atoms with Crippen molar-refractivity contribution in [2.24, 2.45) is 9.98 Å². The molecule has 1 atom stereocenters. The Balaban J connectivity index is 1.06. The van der Waals surface area contributed by atoms with Crippen molar-refractivity contribution in [2.45, 2.75) is 25.4 Å². The lowest BCUT2D eigenvalue weighted by Gasteiger charge is -2.23. The molecule has 10 rings (SSSR count). The Labute approximate surface area is 310 Å². The van der Waals surface area contributed by atoms with Gasteiger partial charge in [-0.3, -0.25) is 0 Å². The van der Waals surface area contributed by atoms with Gasteiger partial charge in [0.15, 0.2) is 6.17 Å². The first kappa shape index (κ1) is 31.2. The van der Waals surface area contributed by atoms with Crippen molar-refractivity contribution in [3.8, 4) is 33.4 Å². The zero-order valence-electron chi connectivity index (χ0n) is 29.7. The van der Waals surface area contributed by atoms with Gasteiger partial charge in [0.2, 0.25) is 0 Å². The smallest absolute Gasteiger partial charge is 0.170 e. The first-order valence-electron chi connectivity index (χ1n) is 18.4. The Kier molecular flexibility index (Phi) is 7.23. The summed E-state index contributed by atoms with van der Waals surface area (Å²) in [6.07, 6.45) is -0.415. The molecule has 3 nitrogen and oxygen atoms in total. The fraction of sp³-hybridized carbons (Fsp3) is 0.0800. The largest absolute Gasteiger partial charge is 0.324 e.